The maximum atomic E-state index is 12.4. The molecule has 21 heavy (non-hydrogen) atoms. The van der Waals surface area contributed by atoms with E-state index in [0.29, 0.717) is 24.3 Å². The molecule has 2 rings (SSSR count). The molecule has 0 amide bonds. The minimum Gasteiger partial charge on any atom is -0.376 e. The fourth-order valence-corrected chi connectivity index (χ4v) is 4.19. The first kappa shape index (κ1) is 16.9. The molecule has 1 atom stereocenters. The van der Waals surface area contributed by atoms with Crippen molar-refractivity contribution >= 4 is 26.0 Å². The molecule has 1 aliphatic rings. The van der Waals surface area contributed by atoms with Gasteiger partial charge in [0.15, 0.2) is 0 Å². The van der Waals surface area contributed by atoms with E-state index in [4.69, 9.17) is 15.2 Å². The number of rotatable bonds is 5. The van der Waals surface area contributed by atoms with Crippen LogP contribution in [0.4, 0.5) is 0 Å². The van der Waals surface area contributed by atoms with E-state index in [1.807, 2.05) is 13.0 Å². The minimum absolute atomic E-state index is 0.181. The van der Waals surface area contributed by atoms with Gasteiger partial charge in [0.1, 0.15) is 0 Å². The van der Waals surface area contributed by atoms with Crippen LogP contribution in [0, 0.1) is 6.92 Å². The maximum Gasteiger partial charge on any atom is 0.241 e. The lowest BCUT2D eigenvalue weighted by Gasteiger charge is -2.23. The molecule has 8 heteroatoms. The SMILES string of the molecule is Cc1cc(CN)cc(S(=O)(=O)NCC2COCCO2)c1Br. The summed E-state index contributed by atoms with van der Waals surface area (Å²) >= 11 is 3.33. The Labute approximate surface area is 133 Å². The molecule has 3 N–H and O–H groups in total. The van der Waals surface area contributed by atoms with Gasteiger partial charge in [0, 0.05) is 17.6 Å². The van der Waals surface area contributed by atoms with Crippen molar-refractivity contribution in [2.75, 3.05) is 26.4 Å². The van der Waals surface area contributed by atoms with E-state index in [-0.39, 0.29) is 24.1 Å². The second-order valence-electron chi connectivity index (χ2n) is 4.85. The zero-order valence-electron chi connectivity index (χ0n) is 11.8. The molecule has 1 fully saturated rings. The largest absolute Gasteiger partial charge is 0.376 e. The molecule has 1 unspecified atom stereocenters. The lowest BCUT2D eigenvalue weighted by atomic mass is 10.1. The Morgan fingerprint density at radius 2 is 2.19 bits per heavy atom. The average molecular weight is 379 g/mol. The number of sulfonamides is 1. The van der Waals surface area contributed by atoms with Gasteiger partial charge in [-0.25, -0.2) is 13.1 Å². The van der Waals surface area contributed by atoms with Crippen molar-refractivity contribution in [2.45, 2.75) is 24.5 Å². The quantitative estimate of drug-likeness (QED) is 0.794. The summed E-state index contributed by atoms with van der Waals surface area (Å²) in [5.74, 6) is 0. The van der Waals surface area contributed by atoms with Crippen LogP contribution in [0.25, 0.3) is 0 Å². The Balaban J connectivity index is 2.16. The van der Waals surface area contributed by atoms with E-state index >= 15 is 0 Å². The normalized spacial score (nSPS) is 19.7. The second-order valence-corrected chi connectivity index (χ2v) is 7.38. The van der Waals surface area contributed by atoms with Crippen molar-refractivity contribution in [3.63, 3.8) is 0 Å². The van der Waals surface area contributed by atoms with Crippen molar-refractivity contribution < 1.29 is 17.9 Å². The molecule has 1 aromatic rings. The van der Waals surface area contributed by atoms with Crippen LogP contribution in [0.5, 0.6) is 0 Å². The molecule has 6 nitrogen and oxygen atoms in total. The number of ether oxygens (including phenoxy) is 2. The highest BCUT2D eigenvalue weighted by Gasteiger charge is 2.22. The first-order chi connectivity index (χ1) is 9.94. The van der Waals surface area contributed by atoms with Crippen LogP contribution in [0.2, 0.25) is 0 Å². The monoisotopic (exact) mass is 378 g/mol. The predicted molar refractivity (Wildman–Crippen MR) is 82.5 cm³/mol. The molecule has 118 valence electrons. The zero-order valence-corrected chi connectivity index (χ0v) is 14.2. The maximum absolute atomic E-state index is 12.4. The van der Waals surface area contributed by atoms with Gasteiger partial charge >= 0.3 is 0 Å². The third kappa shape index (κ3) is 4.24. The van der Waals surface area contributed by atoms with Crippen molar-refractivity contribution in [1.29, 1.82) is 0 Å². The Bertz CT molecular complexity index is 600. The molecule has 1 aliphatic heterocycles. The van der Waals surface area contributed by atoms with Gasteiger partial charge in [0.2, 0.25) is 10.0 Å². The van der Waals surface area contributed by atoms with Gasteiger partial charge in [-0.3, -0.25) is 0 Å². The Morgan fingerprint density at radius 1 is 1.43 bits per heavy atom. The standard InChI is InChI=1S/C13H19BrN2O4S/c1-9-4-10(6-15)5-12(13(9)14)21(17,18)16-7-11-8-19-2-3-20-11/h4-5,11,16H,2-3,6-8,15H2,1H3. The topological polar surface area (TPSA) is 90.7 Å². The van der Waals surface area contributed by atoms with E-state index < -0.39 is 10.0 Å². The van der Waals surface area contributed by atoms with Gasteiger partial charge in [-0.1, -0.05) is 6.07 Å². The first-order valence-electron chi connectivity index (χ1n) is 6.62. The van der Waals surface area contributed by atoms with Crippen molar-refractivity contribution in [3.8, 4) is 0 Å². The van der Waals surface area contributed by atoms with E-state index in [1.165, 1.54) is 0 Å². The van der Waals surface area contributed by atoms with E-state index in [1.54, 1.807) is 6.07 Å². The van der Waals surface area contributed by atoms with Crippen molar-refractivity contribution in [2.24, 2.45) is 5.73 Å². The second kappa shape index (κ2) is 7.17. The summed E-state index contributed by atoms with van der Waals surface area (Å²) in [6.45, 7) is 3.73. The van der Waals surface area contributed by atoms with Crippen molar-refractivity contribution in [1.82, 2.24) is 4.72 Å². The van der Waals surface area contributed by atoms with Crippen LogP contribution in [-0.2, 0) is 26.0 Å². The number of benzene rings is 1. The smallest absolute Gasteiger partial charge is 0.241 e. The third-order valence-corrected chi connectivity index (χ3v) is 5.95. The zero-order chi connectivity index (χ0) is 15.5. The fraction of sp³-hybridized carbons (Fsp3) is 0.538. The number of nitrogens with two attached hydrogens (primary N) is 1. The summed E-state index contributed by atoms with van der Waals surface area (Å²) in [4.78, 5) is 0.194. The number of hydrogen-bond donors (Lipinski definition) is 2. The summed E-state index contributed by atoms with van der Waals surface area (Å²) < 4.78 is 38.7. The molecule has 0 aliphatic carbocycles. The summed E-state index contributed by atoms with van der Waals surface area (Å²) in [5, 5.41) is 0. The van der Waals surface area contributed by atoms with Gasteiger partial charge in [-0.15, -0.1) is 0 Å². The van der Waals surface area contributed by atoms with Crippen LogP contribution in [0.15, 0.2) is 21.5 Å². The van der Waals surface area contributed by atoms with Crippen LogP contribution >= 0.6 is 15.9 Å². The lowest BCUT2D eigenvalue weighted by Crippen LogP contribution is -2.39. The summed E-state index contributed by atoms with van der Waals surface area (Å²) in [6.07, 6.45) is -0.258. The molecule has 0 radical (unpaired) electrons. The molecular formula is C13H19BrN2O4S. The highest BCUT2D eigenvalue weighted by molar-refractivity contribution is 9.10. The molecule has 1 aromatic carbocycles. The Hall–Kier alpha value is -0.510. The minimum atomic E-state index is -3.63. The van der Waals surface area contributed by atoms with E-state index in [2.05, 4.69) is 20.7 Å². The molecule has 0 spiro atoms. The number of aryl methyl sites for hydroxylation is 1. The molecule has 0 aromatic heterocycles. The summed E-state index contributed by atoms with van der Waals surface area (Å²) in [7, 11) is -3.63. The summed E-state index contributed by atoms with van der Waals surface area (Å²) in [6, 6.07) is 3.44. The predicted octanol–water partition coefficient (Wildman–Crippen LogP) is 0.910. The Kier molecular flexibility index (Phi) is 5.75. The van der Waals surface area contributed by atoms with Crippen LogP contribution in [-0.4, -0.2) is 40.9 Å². The lowest BCUT2D eigenvalue weighted by molar-refractivity contribution is -0.0846. The number of halogens is 1. The first-order valence-corrected chi connectivity index (χ1v) is 8.90. The van der Waals surface area contributed by atoms with Crippen LogP contribution in [0.1, 0.15) is 11.1 Å². The Morgan fingerprint density at radius 3 is 2.81 bits per heavy atom. The van der Waals surface area contributed by atoms with Gasteiger partial charge in [0.05, 0.1) is 30.8 Å². The van der Waals surface area contributed by atoms with E-state index in [9.17, 15) is 8.42 Å². The molecule has 1 saturated heterocycles. The van der Waals surface area contributed by atoms with Gasteiger partial charge in [0.25, 0.3) is 0 Å². The third-order valence-electron chi connectivity index (χ3n) is 3.19. The molecule has 1 heterocycles. The van der Waals surface area contributed by atoms with Gasteiger partial charge < -0.3 is 15.2 Å². The van der Waals surface area contributed by atoms with Crippen LogP contribution < -0.4 is 10.5 Å². The van der Waals surface area contributed by atoms with Crippen LogP contribution in [0.3, 0.4) is 0 Å². The number of nitrogens with one attached hydrogen (secondary N) is 1. The summed E-state index contributed by atoms with van der Waals surface area (Å²) in [5.41, 5.74) is 7.21. The average Bonchev–Trinajstić information content (AvgIpc) is 2.48. The molecule has 0 bridgehead atoms. The highest BCUT2D eigenvalue weighted by atomic mass is 79.9. The number of hydrogen-bond acceptors (Lipinski definition) is 5. The highest BCUT2D eigenvalue weighted by Crippen LogP contribution is 2.27. The fourth-order valence-electron chi connectivity index (χ4n) is 2.06. The van der Waals surface area contributed by atoms with Crippen molar-refractivity contribution in [3.05, 3.63) is 27.7 Å². The van der Waals surface area contributed by atoms with Gasteiger partial charge in [-0.05, 0) is 40.0 Å². The van der Waals surface area contributed by atoms with E-state index in [0.717, 1.165) is 11.1 Å². The molecule has 0 saturated carbocycles. The van der Waals surface area contributed by atoms with Gasteiger partial charge in [-0.2, -0.15) is 0 Å². The molecular weight excluding hydrogens is 360 g/mol.